The van der Waals surface area contributed by atoms with Crippen molar-refractivity contribution in [1.29, 1.82) is 0 Å². The lowest BCUT2D eigenvalue weighted by atomic mass is 9.95. The second-order valence-corrected chi connectivity index (χ2v) is 9.32. The Morgan fingerprint density at radius 1 is 1.26 bits per heavy atom. The number of alkyl carbamates (subject to hydrolysis) is 1. The van der Waals surface area contributed by atoms with Gasteiger partial charge in [0, 0.05) is 13.0 Å². The van der Waals surface area contributed by atoms with E-state index in [1.807, 2.05) is 45.9 Å². The van der Waals surface area contributed by atoms with Crippen molar-refractivity contribution in [3.8, 4) is 5.69 Å². The SMILES string of the molecule is Cc1cccc2c1c(=O)nc1n2-c2ccc(C(C)CCNC(=O)OC(C)(C)C)cc2C1. The predicted molar refractivity (Wildman–Crippen MR) is 122 cm³/mol. The van der Waals surface area contributed by atoms with Gasteiger partial charge in [0.2, 0.25) is 0 Å². The van der Waals surface area contributed by atoms with Gasteiger partial charge in [-0.2, -0.15) is 4.98 Å². The first-order valence-corrected chi connectivity index (χ1v) is 10.8. The zero-order valence-corrected chi connectivity index (χ0v) is 18.8. The summed E-state index contributed by atoms with van der Waals surface area (Å²) in [5.41, 5.74) is 4.67. The molecule has 0 radical (unpaired) electrons. The topological polar surface area (TPSA) is 73.2 Å². The molecule has 0 bridgehead atoms. The highest BCUT2D eigenvalue weighted by Gasteiger charge is 2.23. The third kappa shape index (κ3) is 4.20. The summed E-state index contributed by atoms with van der Waals surface area (Å²) >= 11 is 0. The zero-order chi connectivity index (χ0) is 22.3. The smallest absolute Gasteiger partial charge is 0.407 e. The van der Waals surface area contributed by atoms with Gasteiger partial charge in [0.1, 0.15) is 11.4 Å². The van der Waals surface area contributed by atoms with Crippen LogP contribution >= 0.6 is 0 Å². The monoisotopic (exact) mass is 419 g/mol. The Bertz CT molecular complexity index is 1220. The number of carbonyl (C=O) groups is 1. The molecule has 6 heteroatoms. The van der Waals surface area contributed by atoms with Gasteiger partial charge in [0.15, 0.2) is 0 Å². The Morgan fingerprint density at radius 2 is 2.03 bits per heavy atom. The summed E-state index contributed by atoms with van der Waals surface area (Å²) in [5, 5.41) is 3.51. The van der Waals surface area contributed by atoms with E-state index in [0.29, 0.717) is 18.4 Å². The van der Waals surface area contributed by atoms with Gasteiger partial charge in [0.25, 0.3) is 5.56 Å². The van der Waals surface area contributed by atoms with Crippen LogP contribution < -0.4 is 10.9 Å². The summed E-state index contributed by atoms with van der Waals surface area (Å²) in [6, 6.07) is 12.4. The fraction of sp³-hybridized carbons (Fsp3) is 0.400. The van der Waals surface area contributed by atoms with Gasteiger partial charge in [-0.05, 0) is 68.9 Å². The molecular weight excluding hydrogens is 390 g/mol. The number of benzene rings is 2. The Labute approximate surface area is 182 Å². The molecular formula is C25H29N3O3. The molecule has 162 valence electrons. The average Bonchev–Trinajstić information content (AvgIpc) is 3.03. The molecule has 2 heterocycles. The number of nitrogens with one attached hydrogen (secondary N) is 1. The number of aromatic nitrogens is 2. The minimum atomic E-state index is -0.497. The van der Waals surface area contributed by atoms with Crippen LogP contribution in [0.3, 0.4) is 0 Å². The number of amides is 1. The molecule has 0 spiro atoms. The summed E-state index contributed by atoms with van der Waals surface area (Å²) in [6.45, 7) is 10.2. The quantitative estimate of drug-likeness (QED) is 0.524. The van der Waals surface area contributed by atoms with Crippen molar-refractivity contribution in [3.63, 3.8) is 0 Å². The van der Waals surface area contributed by atoms with Crippen LogP contribution in [-0.2, 0) is 11.2 Å². The van der Waals surface area contributed by atoms with Crippen molar-refractivity contribution >= 4 is 17.0 Å². The van der Waals surface area contributed by atoms with Gasteiger partial charge in [0.05, 0.1) is 16.6 Å². The molecule has 1 atom stereocenters. The van der Waals surface area contributed by atoms with Crippen molar-refractivity contribution in [1.82, 2.24) is 14.9 Å². The first kappa shape index (κ1) is 21.1. The van der Waals surface area contributed by atoms with Crippen molar-refractivity contribution in [2.75, 3.05) is 6.54 Å². The maximum absolute atomic E-state index is 12.6. The molecule has 1 aliphatic rings. The highest BCUT2D eigenvalue weighted by atomic mass is 16.6. The maximum atomic E-state index is 12.6. The van der Waals surface area contributed by atoms with E-state index in [0.717, 1.165) is 29.0 Å². The van der Waals surface area contributed by atoms with E-state index in [2.05, 4.69) is 40.0 Å². The Kier molecular flexibility index (Phi) is 5.33. The maximum Gasteiger partial charge on any atom is 0.407 e. The van der Waals surface area contributed by atoms with E-state index in [-0.39, 0.29) is 17.6 Å². The minimum Gasteiger partial charge on any atom is -0.444 e. The molecule has 0 aliphatic carbocycles. The third-order valence-electron chi connectivity index (χ3n) is 5.70. The van der Waals surface area contributed by atoms with Crippen LogP contribution in [0.15, 0.2) is 41.2 Å². The second kappa shape index (κ2) is 7.84. The molecule has 1 amide bonds. The zero-order valence-electron chi connectivity index (χ0n) is 18.8. The van der Waals surface area contributed by atoms with E-state index in [1.165, 1.54) is 11.1 Å². The normalized spacial score (nSPS) is 13.6. The van der Waals surface area contributed by atoms with Crippen LogP contribution in [0.1, 0.15) is 62.5 Å². The minimum absolute atomic E-state index is 0.158. The number of hydrogen-bond donors (Lipinski definition) is 1. The number of aryl methyl sites for hydroxylation is 1. The second-order valence-electron chi connectivity index (χ2n) is 9.32. The lowest BCUT2D eigenvalue weighted by Gasteiger charge is -2.20. The molecule has 1 unspecified atom stereocenters. The Morgan fingerprint density at radius 3 is 2.77 bits per heavy atom. The van der Waals surface area contributed by atoms with Crippen LogP contribution in [0.5, 0.6) is 0 Å². The lowest BCUT2D eigenvalue weighted by molar-refractivity contribution is 0.0526. The van der Waals surface area contributed by atoms with Crippen molar-refractivity contribution in [2.24, 2.45) is 0 Å². The molecule has 0 saturated heterocycles. The number of ether oxygens (including phenoxy) is 1. The van der Waals surface area contributed by atoms with E-state index in [4.69, 9.17) is 4.74 Å². The first-order chi connectivity index (χ1) is 14.6. The number of rotatable bonds is 4. The lowest BCUT2D eigenvalue weighted by Crippen LogP contribution is -2.33. The van der Waals surface area contributed by atoms with Gasteiger partial charge >= 0.3 is 6.09 Å². The van der Waals surface area contributed by atoms with Gasteiger partial charge in [-0.25, -0.2) is 4.79 Å². The summed E-state index contributed by atoms with van der Waals surface area (Å²) in [5.74, 6) is 1.06. The predicted octanol–water partition coefficient (Wildman–Crippen LogP) is 4.62. The van der Waals surface area contributed by atoms with Gasteiger partial charge < -0.3 is 10.1 Å². The fourth-order valence-corrected chi connectivity index (χ4v) is 4.18. The van der Waals surface area contributed by atoms with Crippen molar-refractivity contribution in [3.05, 3.63) is 69.3 Å². The highest BCUT2D eigenvalue weighted by Crippen LogP contribution is 2.33. The highest BCUT2D eigenvalue weighted by molar-refractivity contribution is 5.84. The van der Waals surface area contributed by atoms with Crippen molar-refractivity contribution in [2.45, 2.75) is 59.0 Å². The van der Waals surface area contributed by atoms with E-state index in [1.54, 1.807) is 0 Å². The fourth-order valence-electron chi connectivity index (χ4n) is 4.18. The molecule has 1 N–H and O–H groups in total. The molecule has 0 fully saturated rings. The van der Waals surface area contributed by atoms with E-state index >= 15 is 0 Å². The van der Waals surface area contributed by atoms with Crippen LogP contribution in [-0.4, -0.2) is 27.8 Å². The molecule has 6 nitrogen and oxygen atoms in total. The third-order valence-corrected chi connectivity index (χ3v) is 5.70. The first-order valence-electron chi connectivity index (χ1n) is 10.8. The largest absolute Gasteiger partial charge is 0.444 e. The summed E-state index contributed by atoms with van der Waals surface area (Å²) in [7, 11) is 0. The van der Waals surface area contributed by atoms with Crippen LogP contribution in [0.2, 0.25) is 0 Å². The summed E-state index contributed by atoms with van der Waals surface area (Å²) < 4.78 is 7.40. The average molecular weight is 420 g/mol. The van der Waals surface area contributed by atoms with E-state index in [9.17, 15) is 9.59 Å². The molecule has 1 aromatic heterocycles. The molecule has 31 heavy (non-hydrogen) atoms. The van der Waals surface area contributed by atoms with E-state index < -0.39 is 5.60 Å². The Hall–Kier alpha value is -3.15. The molecule has 2 aromatic carbocycles. The summed E-state index contributed by atoms with van der Waals surface area (Å²) in [6.07, 6.45) is 1.07. The number of nitrogens with zero attached hydrogens (tertiary/aromatic N) is 2. The number of fused-ring (bicyclic) bond motifs is 5. The van der Waals surface area contributed by atoms with Gasteiger partial charge in [-0.3, -0.25) is 9.36 Å². The Balaban J connectivity index is 1.53. The number of carbonyl (C=O) groups excluding carboxylic acids is 1. The van der Waals surface area contributed by atoms with Gasteiger partial charge in [-0.1, -0.05) is 31.2 Å². The molecule has 0 saturated carbocycles. The molecule has 3 aromatic rings. The molecule has 4 rings (SSSR count). The van der Waals surface area contributed by atoms with Crippen LogP contribution in [0.25, 0.3) is 16.6 Å². The summed E-state index contributed by atoms with van der Waals surface area (Å²) in [4.78, 5) is 28.8. The number of hydrogen-bond acceptors (Lipinski definition) is 4. The van der Waals surface area contributed by atoms with Crippen molar-refractivity contribution < 1.29 is 9.53 Å². The molecule has 1 aliphatic heterocycles. The van der Waals surface area contributed by atoms with Gasteiger partial charge in [-0.15, -0.1) is 0 Å². The standard InChI is InChI=1S/C25H29N3O3/c1-15(11-12-26-24(30)31-25(3,4)5)17-9-10-19-18(13-17)14-21-27-23(29)22-16(2)7-6-8-20(22)28(19)21/h6-10,13,15H,11-12,14H2,1-5H3,(H,26,30). The van der Waals surface area contributed by atoms with Crippen LogP contribution in [0, 0.1) is 6.92 Å². The van der Waals surface area contributed by atoms with Crippen LogP contribution in [0.4, 0.5) is 4.79 Å².